The fourth-order valence-corrected chi connectivity index (χ4v) is 6.11. The number of thiazole rings is 1. The standard InChI is InChI=1S/C32H33N5O7S/c1-18-14-37(19(2)16-38)31(40)21-7-6-9-23(34-29(39)30-35-22-8-4-5-10-27(22)45-30)28(21)44-26(18)15-36(3)32(41)33-20-11-12-24-25(13-20)43-17-42-24/h4-13,18-19,26,38H,14-17H2,1-3H3,(H,33,41)(H,34,39)/t18-,19-,26-/m1/s1. The van der Waals surface area contributed by atoms with Gasteiger partial charge in [-0.05, 0) is 43.3 Å². The number of nitrogens with zero attached hydrogens (tertiary/aromatic N) is 3. The summed E-state index contributed by atoms with van der Waals surface area (Å²) in [7, 11) is 1.65. The summed E-state index contributed by atoms with van der Waals surface area (Å²) in [6.07, 6.45) is -0.585. The number of likely N-dealkylation sites (N-methyl/N-ethyl adjacent to an activating group) is 1. The van der Waals surface area contributed by atoms with Crippen molar-refractivity contribution in [1.82, 2.24) is 14.8 Å². The Morgan fingerprint density at radius 3 is 2.71 bits per heavy atom. The van der Waals surface area contributed by atoms with E-state index in [0.29, 0.717) is 28.4 Å². The van der Waals surface area contributed by atoms with E-state index in [9.17, 15) is 19.5 Å². The number of carbonyl (C=O) groups excluding carboxylic acids is 3. The summed E-state index contributed by atoms with van der Waals surface area (Å²) in [5, 5.41) is 16.0. The van der Waals surface area contributed by atoms with Gasteiger partial charge in [-0.25, -0.2) is 9.78 Å². The Labute approximate surface area is 263 Å². The van der Waals surface area contributed by atoms with Crippen molar-refractivity contribution >= 4 is 50.8 Å². The molecule has 4 aromatic rings. The molecule has 12 nitrogen and oxygen atoms in total. The molecule has 3 aromatic carbocycles. The van der Waals surface area contributed by atoms with Gasteiger partial charge in [-0.1, -0.05) is 25.1 Å². The lowest BCUT2D eigenvalue weighted by Crippen LogP contribution is -2.50. The molecule has 1 aromatic heterocycles. The fraction of sp³-hybridized carbons (Fsp3) is 0.312. The summed E-state index contributed by atoms with van der Waals surface area (Å²) in [6, 6.07) is 16.7. The zero-order chi connectivity index (χ0) is 31.7. The highest BCUT2D eigenvalue weighted by atomic mass is 32.1. The Bertz CT molecular complexity index is 1730. The smallest absolute Gasteiger partial charge is 0.321 e. The molecule has 0 saturated heterocycles. The van der Waals surface area contributed by atoms with E-state index < -0.39 is 18.1 Å². The largest absolute Gasteiger partial charge is 0.485 e. The van der Waals surface area contributed by atoms with Crippen LogP contribution >= 0.6 is 11.3 Å². The molecule has 4 amide bonds. The van der Waals surface area contributed by atoms with Gasteiger partial charge in [0.15, 0.2) is 22.3 Å². The number of hydrogen-bond acceptors (Lipinski definition) is 9. The van der Waals surface area contributed by atoms with Gasteiger partial charge in [-0.2, -0.15) is 0 Å². The van der Waals surface area contributed by atoms with E-state index in [1.54, 1.807) is 55.3 Å². The molecule has 3 atom stereocenters. The minimum absolute atomic E-state index is 0.127. The van der Waals surface area contributed by atoms with Gasteiger partial charge in [0.2, 0.25) is 6.79 Å². The molecule has 0 saturated carbocycles. The summed E-state index contributed by atoms with van der Waals surface area (Å²) in [4.78, 5) is 47.9. The van der Waals surface area contributed by atoms with Crippen LogP contribution in [-0.4, -0.2) is 83.4 Å². The monoisotopic (exact) mass is 631 g/mol. The van der Waals surface area contributed by atoms with E-state index >= 15 is 0 Å². The number of ether oxygens (including phenoxy) is 3. The Kier molecular flexibility index (Phi) is 8.46. The van der Waals surface area contributed by atoms with E-state index in [1.165, 1.54) is 16.2 Å². The highest BCUT2D eigenvalue weighted by Gasteiger charge is 2.35. The molecule has 0 radical (unpaired) electrons. The van der Waals surface area contributed by atoms with Crippen molar-refractivity contribution < 1.29 is 33.7 Å². The van der Waals surface area contributed by atoms with E-state index in [0.717, 1.165) is 4.70 Å². The second-order valence-corrected chi connectivity index (χ2v) is 12.2. The van der Waals surface area contributed by atoms with Gasteiger partial charge in [0.1, 0.15) is 6.10 Å². The number of urea groups is 1. The molecule has 2 aliphatic rings. The molecule has 0 unspecified atom stereocenters. The zero-order valence-corrected chi connectivity index (χ0v) is 25.8. The number of hydrogen-bond donors (Lipinski definition) is 3. The van der Waals surface area contributed by atoms with Crippen molar-refractivity contribution in [2.24, 2.45) is 5.92 Å². The van der Waals surface area contributed by atoms with Gasteiger partial charge >= 0.3 is 6.03 Å². The number of para-hydroxylation sites is 2. The second kappa shape index (κ2) is 12.6. The first-order chi connectivity index (χ1) is 21.7. The first-order valence-corrected chi connectivity index (χ1v) is 15.3. The number of benzene rings is 3. The maximum Gasteiger partial charge on any atom is 0.321 e. The number of fused-ring (bicyclic) bond motifs is 3. The molecule has 3 N–H and O–H groups in total. The van der Waals surface area contributed by atoms with E-state index in [4.69, 9.17) is 14.2 Å². The van der Waals surface area contributed by atoms with Gasteiger partial charge in [0.25, 0.3) is 11.8 Å². The van der Waals surface area contributed by atoms with Crippen molar-refractivity contribution in [3.8, 4) is 17.2 Å². The van der Waals surface area contributed by atoms with Gasteiger partial charge in [0.05, 0.1) is 40.7 Å². The Hall–Kier alpha value is -4.88. The highest BCUT2D eigenvalue weighted by Crippen LogP contribution is 2.36. The SMILES string of the molecule is C[C@@H]1CN([C@H](C)CO)C(=O)c2cccc(NC(=O)c3nc4ccccc4s3)c2O[C@@H]1CN(C)C(=O)Nc1ccc2c(c1)OCO2. The Balaban J connectivity index is 1.27. The lowest BCUT2D eigenvalue weighted by atomic mass is 9.99. The molecule has 0 bridgehead atoms. The average Bonchev–Trinajstić information content (AvgIpc) is 3.69. The predicted molar refractivity (Wildman–Crippen MR) is 169 cm³/mol. The molecular formula is C32H33N5O7S. The molecule has 6 rings (SSSR count). The third-order valence-electron chi connectivity index (χ3n) is 7.85. The molecule has 3 heterocycles. The third kappa shape index (κ3) is 6.22. The molecule has 234 valence electrons. The average molecular weight is 632 g/mol. The van der Waals surface area contributed by atoms with Crippen LogP contribution < -0.4 is 24.8 Å². The Morgan fingerprint density at radius 2 is 1.91 bits per heavy atom. The number of nitrogens with one attached hydrogen (secondary N) is 2. The molecule has 13 heteroatoms. The summed E-state index contributed by atoms with van der Waals surface area (Å²) < 4.78 is 18.2. The van der Waals surface area contributed by atoms with Crippen LogP contribution in [0.4, 0.5) is 16.2 Å². The van der Waals surface area contributed by atoms with Crippen molar-refractivity contribution in [2.45, 2.75) is 26.0 Å². The quantitative estimate of drug-likeness (QED) is 0.267. The lowest BCUT2D eigenvalue weighted by Gasteiger charge is -2.38. The normalized spacial score (nSPS) is 18.0. The fourth-order valence-electron chi connectivity index (χ4n) is 5.25. The zero-order valence-electron chi connectivity index (χ0n) is 25.0. The number of anilines is 2. The van der Waals surface area contributed by atoms with E-state index in [2.05, 4.69) is 15.6 Å². The van der Waals surface area contributed by atoms with E-state index in [1.807, 2.05) is 31.2 Å². The minimum atomic E-state index is -0.585. The van der Waals surface area contributed by atoms with Gasteiger partial charge in [0, 0.05) is 31.3 Å². The van der Waals surface area contributed by atoms with Gasteiger partial charge in [-0.15, -0.1) is 11.3 Å². The van der Waals surface area contributed by atoms with Crippen LogP contribution in [0.15, 0.2) is 60.7 Å². The first kappa shape index (κ1) is 30.2. The van der Waals surface area contributed by atoms with Gasteiger partial charge in [-0.3, -0.25) is 9.59 Å². The lowest BCUT2D eigenvalue weighted by molar-refractivity contribution is 0.0372. The predicted octanol–water partition coefficient (Wildman–Crippen LogP) is 4.66. The summed E-state index contributed by atoms with van der Waals surface area (Å²) >= 11 is 1.26. The third-order valence-corrected chi connectivity index (χ3v) is 8.89. The molecule has 45 heavy (non-hydrogen) atoms. The maximum atomic E-state index is 13.8. The molecular weight excluding hydrogens is 598 g/mol. The van der Waals surface area contributed by atoms with Crippen LogP contribution in [0.2, 0.25) is 0 Å². The number of aromatic nitrogens is 1. The van der Waals surface area contributed by atoms with Crippen LogP contribution in [0, 0.1) is 5.92 Å². The first-order valence-electron chi connectivity index (χ1n) is 14.5. The molecule has 0 spiro atoms. The Morgan fingerprint density at radius 1 is 1.11 bits per heavy atom. The molecule has 2 aliphatic heterocycles. The minimum Gasteiger partial charge on any atom is -0.485 e. The highest BCUT2D eigenvalue weighted by molar-refractivity contribution is 7.20. The topological polar surface area (TPSA) is 143 Å². The van der Waals surface area contributed by atoms with Crippen molar-refractivity contribution in [3.63, 3.8) is 0 Å². The molecule has 0 fully saturated rings. The van der Waals surface area contributed by atoms with Gasteiger partial charge < -0.3 is 39.8 Å². The number of aliphatic hydroxyl groups excluding tert-OH is 1. The number of rotatable bonds is 7. The van der Waals surface area contributed by atoms with Crippen molar-refractivity contribution in [1.29, 1.82) is 0 Å². The number of aliphatic hydroxyl groups is 1. The summed E-state index contributed by atoms with van der Waals surface area (Å²) in [5.74, 6) is 0.319. The van der Waals surface area contributed by atoms with Crippen LogP contribution in [0.3, 0.4) is 0 Å². The van der Waals surface area contributed by atoms with Crippen LogP contribution in [0.25, 0.3) is 10.2 Å². The summed E-state index contributed by atoms with van der Waals surface area (Å²) in [5.41, 5.74) is 1.79. The van der Waals surface area contributed by atoms with E-state index in [-0.39, 0.29) is 60.7 Å². The second-order valence-electron chi connectivity index (χ2n) is 11.1. The van der Waals surface area contributed by atoms with Crippen LogP contribution in [0.1, 0.15) is 34.0 Å². The van der Waals surface area contributed by atoms with Crippen molar-refractivity contribution in [3.05, 3.63) is 71.2 Å². The molecule has 0 aliphatic carbocycles. The van der Waals surface area contributed by atoms with Crippen molar-refractivity contribution in [2.75, 3.05) is 44.2 Å². The van der Waals surface area contributed by atoms with Crippen LogP contribution in [0.5, 0.6) is 17.2 Å². The maximum absolute atomic E-state index is 13.8. The van der Waals surface area contributed by atoms with Crippen LogP contribution in [-0.2, 0) is 0 Å². The summed E-state index contributed by atoms with van der Waals surface area (Å²) in [6.45, 7) is 4.03. The number of carbonyl (C=O) groups is 3. The number of amides is 4.